The third kappa shape index (κ3) is 4.03. The van der Waals surface area contributed by atoms with Crippen molar-refractivity contribution in [3.63, 3.8) is 0 Å². The largest absolute Gasteiger partial charge is 0.478 e. The number of carboxylic acid groups (broad SMARTS) is 1. The van der Waals surface area contributed by atoms with E-state index in [1.54, 1.807) is 35.3 Å². The Bertz CT molecular complexity index is 925. The zero-order valence-electron chi connectivity index (χ0n) is 14.9. The molecule has 0 radical (unpaired) electrons. The van der Waals surface area contributed by atoms with Crippen molar-refractivity contribution in [2.24, 2.45) is 5.92 Å². The summed E-state index contributed by atoms with van der Waals surface area (Å²) in [5, 5.41) is 13.7. The van der Waals surface area contributed by atoms with Crippen LogP contribution in [0.5, 0.6) is 0 Å². The first-order valence-corrected chi connectivity index (χ1v) is 9.02. The summed E-state index contributed by atoms with van der Waals surface area (Å²) in [6, 6.07) is 6.91. The van der Waals surface area contributed by atoms with Crippen LogP contribution >= 0.6 is 0 Å². The van der Waals surface area contributed by atoms with E-state index in [2.05, 4.69) is 20.0 Å². The SMILES string of the molecule is O=C(O)c1ccccc1-n1cc(CN2CC[C@H](Cc3cnccn3)C2)cn1. The summed E-state index contributed by atoms with van der Waals surface area (Å²) in [6.07, 6.45) is 11.1. The molecular weight excluding hydrogens is 342 g/mol. The van der Waals surface area contributed by atoms with Gasteiger partial charge in [-0.15, -0.1) is 0 Å². The first-order chi connectivity index (χ1) is 13.2. The Morgan fingerprint density at radius 1 is 1.22 bits per heavy atom. The number of para-hydroxylation sites is 1. The van der Waals surface area contributed by atoms with Gasteiger partial charge in [0.1, 0.15) is 0 Å². The summed E-state index contributed by atoms with van der Waals surface area (Å²) in [7, 11) is 0. The number of likely N-dealkylation sites (tertiary alicyclic amines) is 1. The van der Waals surface area contributed by atoms with Crippen molar-refractivity contribution in [2.75, 3.05) is 13.1 Å². The number of aromatic nitrogens is 4. The van der Waals surface area contributed by atoms with Gasteiger partial charge in [-0.25, -0.2) is 9.48 Å². The third-order valence-corrected chi connectivity index (χ3v) is 4.91. The third-order valence-electron chi connectivity index (χ3n) is 4.91. The molecule has 1 aliphatic heterocycles. The van der Waals surface area contributed by atoms with Crippen LogP contribution in [0.4, 0.5) is 0 Å². The molecule has 0 unspecified atom stereocenters. The standard InChI is InChI=1S/C20H21N5O2/c26-20(27)18-3-1-2-4-19(18)25-14-16(10-23-25)13-24-8-5-15(12-24)9-17-11-21-6-7-22-17/h1-4,6-7,10-11,14-15H,5,8-9,12-13H2,(H,26,27)/t15-/m1/s1. The summed E-state index contributed by atoms with van der Waals surface area (Å²) >= 11 is 0. The minimum atomic E-state index is -0.950. The van der Waals surface area contributed by atoms with E-state index in [0.29, 0.717) is 11.6 Å². The highest BCUT2D eigenvalue weighted by molar-refractivity contribution is 5.91. The van der Waals surface area contributed by atoms with Gasteiger partial charge in [0.05, 0.1) is 23.1 Å². The van der Waals surface area contributed by atoms with Gasteiger partial charge in [-0.2, -0.15) is 5.10 Å². The van der Waals surface area contributed by atoms with Gasteiger partial charge in [0, 0.05) is 43.4 Å². The molecule has 7 nitrogen and oxygen atoms in total. The Labute approximate surface area is 157 Å². The van der Waals surface area contributed by atoms with Crippen molar-refractivity contribution >= 4 is 5.97 Å². The van der Waals surface area contributed by atoms with Crippen molar-refractivity contribution in [3.05, 3.63) is 72.1 Å². The molecule has 1 saturated heterocycles. The molecule has 1 aromatic carbocycles. The molecule has 0 amide bonds. The summed E-state index contributed by atoms with van der Waals surface area (Å²) < 4.78 is 1.64. The summed E-state index contributed by atoms with van der Waals surface area (Å²) in [6.45, 7) is 2.88. The number of benzene rings is 1. The van der Waals surface area contributed by atoms with Crippen LogP contribution in [0.1, 0.15) is 28.0 Å². The second-order valence-electron chi connectivity index (χ2n) is 6.91. The fraction of sp³-hybridized carbons (Fsp3) is 0.300. The molecular formula is C20H21N5O2. The number of hydrogen-bond acceptors (Lipinski definition) is 5. The van der Waals surface area contributed by atoms with Crippen LogP contribution < -0.4 is 0 Å². The molecule has 0 spiro atoms. The predicted octanol–water partition coefficient (Wildman–Crippen LogP) is 2.43. The number of rotatable bonds is 6. The smallest absolute Gasteiger partial charge is 0.337 e. The van der Waals surface area contributed by atoms with Crippen LogP contribution in [0, 0.1) is 5.92 Å². The second-order valence-corrected chi connectivity index (χ2v) is 6.91. The first-order valence-electron chi connectivity index (χ1n) is 9.02. The highest BCUT2D eigenvalue weighted by atomic mass is 16.4. The molecule has 27 heavy (non-hydrogen) atoms. The lowest BCUT2D eigenvalue weighted by Gasteiger charge is -2.14. The van der Waals surface area contributed by atoms with Crippen molar-refractivity contribution in [1.82, 2.24) is 24.6 Å². The minimum Gasteiger partial charge on any atom is -0.478 e. The lowest BCUT2D eigenvalue weighted by molar-refractivity contribution is 0.0696. The molecule has 3 aromatic rings. The predicted molar refractivity (Wildman–Crippen MR) is 99.6 cm³/mol. The van der Waals surface area contributed by atoms with Crippen molar-refractivity contribution < 1.29 is 9.90 Å². The van der Waals surface area contributed by atoms with Crippen LogP contribution in [0.25, 0.3) is 5.69 Å². The van der Waals surface area contributed by atoms with Crippen LogP contribution in [-0.4, -0.2) is 48.8 Å². The number of nitrogens with zero attached hydrogens (tertiary/aromatic N) is 5. The second kappa shape index (κ2) is 7.67. The fourth-order valence-corrected chi connectivity index (χ4v) is 3.64. The zero-order valence-corrected chi connectivity index (χ0v) is 14.9. The van der Waals surface area contributed by atoms with Crippen LogP contribution in [0.15, 0.2) is 55.2 Å². The lowest BCUT2D eigenvalue weighted by atomic mass is 10.0. The minimum absolute atomic E-state index is 0.248. The normalized spacial score (nSPS) is 17.3. The molecule has 1 aliphatic rings. The van der Waals surface area contributed by atoms with E-state index >= 15 is 0 Å². The van der Waals surface area contributed by atoms with E-state index in [0.717, 1.165) is 43.7 Å². The van der Waals surface area contributed by atoms with Crippen molar-refractivity contribution in [3.8, 4) is 5.69 Å². The molecule has 138 valence electrons. The number of aromatic carboxylic acids is 1. The Balaban J connectivity index is 1.40. The lowest BCUT2D eigenvalue weighted by Crippen LogP contribution is -2.20. The molecule has 1 N–H and O–H groups in total. The molecule has 1 atom stereocenters. The van der Waals surface area contributed by atoms with E-state index in [1.165, 1.54) is 0 Å². The Hall–Kier alpha value is -3.06. The van der Waals surface area contributed by atoms with Gasteiger partial charge in [-0.1, -0.05) is 12.1 Å². The average Bonchev–Trinajstić information content (AvgIpc) is 3.32. The van der Waals surface area contributed by atoms with Crippen LogP contribution in [0.2, 0.25) is 0 Å². The van der Waals surface area contributed by atoms with Gasteiger partial charge in [-0.05, 0) is 37.4 Å². The maximum atomic E-state index is 11.4. The first kappa shape index (κ1) is 17.4. The highest BCUT2D eigenvalue weighted by Gasteiger charge is 2.23. The van der Waals surface area contributed by atoms with Crippen molar-refractivity contribution in [1.29, 1.82) is 0 Å². The van der Waals surface area contributed by atoms with Gasteiger partial charge in [-0.3, -0.25) is 14.9 Å². The number of hydrogen-bond donors (Lipinski definition) is 1. The van der Waals surface area contributed by atoms with E-state index in [4.69, 9.17) is 0 Å². The van der Waals surface area contributed by atoms with E-state index < -0.39 is 5.97 Å². The number of carboxylic acids is 1. The average molecular weight is 363 g/mol. The molecule has 3 heterocycles. The molecule has 0 saturated carbocycles. The number of carbonyl (C=O) groups is 1. The molecule has 7 heteroatoms. The Kier molecular flexibility index (Phi) is 4.93. The van der Waals surface area contributed by atoms with Crippen molar-refractivity contribution in [2.45, 2.75) is 19.4 Å². The summed E-state index contributed by atoms with van der Waals surface area (Å²) in [4.78, 5) is 22.3. The highest BCUT2D eigenvalue weighted by Crippen LogP contribution is 2.22. The monoisotopic (exact) mass is 363 g/mol. The van der Waals surface area contributed by atoms with Gasteiger partial charge >= 0.3 is 5.97 Å². The van der Waals surface area contributed by atoms with E-state index in [1.807, 2.05) is 24.7 Å². The summed E-state index contributed by atoms with van der Waals surface area (Å²) in [5.74, 6) is -0.362. The maximum Gasteiger partial charge on any atom is 0.337 e. The van der Waals surface area contributed by atoms with E-state index in [9.17, 15) is 9.90 Å². The van der Waals surface area contributed by atoms with Crippen LogP contribution in [-0.2, 0) is 13.0 Å². The zero-order chi connectivity index (χ0) is 18.6. The topological polar surface area (TPSA) is 84.1 Å². The Morgan fingerprint density at radius 3 is 2.93 bits per heavy atom. The molecule has 0 bridgehead atoms. The van der Waals surface area contributed by atoms with Gasteiger partial charge in [0.2, 0.25) is 0 Å². The fourth-order valence-electron chi connectivity index (χ4n) is 3.64. The van der Waals surface area contributed by atoms with Gasteiger partial charge in [0.25, 0.3) is 0 Å². The molecule has 1 fully saturated rings. The van der Waals surface area contributed by atoms with Gasteiger partial charge in [0.15, 0.2) is 0 Å². The molecule has 4 rings (SSSR count). The molecule has 2 aromatic heterocycles. The molecule has 0 aliphatic carbocycles. The van der Waals surface area contributed by atoms with E-state index in [-0.39, 0.29) is 5.56 Å². The quantitative estimate of drug-likeness (QED) is 0.724. The van der Waals surface area contributed by atoms with Crippen LogP contribution in [0.3, 0.4) is 0 Å². The Morgan fingerprint density at radius 2 is 2.11 bits per heavy atom. The maximum absolute atomic E-state index is 11.4. The van der Waals surface area contributed by atoms with Gasteiger partial charge < -0.3 is 5.11 Å². The summed E-state index contributed by atoms with van der Waals surface area (Å²) in [5.41, 5.74) is 2.95.